The Balaban J connectivity index is 1.76. The highest BCUT2D eigenvalue weighted by Crippen LogP contribution is 2.54. The van der Waals surface area contributed by atoms with Crippen molar-refractivity contribution in [1.29, 1.82) is 0 Å². The van der Waals surface area contributed by atoms with Crippen molar-refractivity contribution in [2.24, 2.45) is 4.99 Å². The summed E-state index contributed by atoms with van der Waals surface area (Å²) < 4.78 is 30.6. The summed E-state index contributed by atoms with van der Waals surface area (Å²) in [6.45, 7) is 1.89. The fourth-order valence-corrected chi connectivity index (χ4v) is 6.41. The van der Waals surface area contributed by atoms with Crippen molar-refractivity contribution < 1.29 is 32.6 Å². The monoisotopic (exact) mass is 437 g/mol. The molecule has 0 radical (unpaired) electrons. The molecule has 2 aromatic carbocycles. The van der Waals surface area contributed by atoms with E-state index in [-0.39, 0.29) is 45.7 Å². The number of phenols is 2. The smallest absolute Gasteiger partial charge is 0.228 e. The molecule has 0 saturated carbocycles. The third kappa shape index (κ3) is 2.04. The Morgan fingerprint density at radius 1 is 1.10 bits per heavy atom. The molecule has 2 heterocycles. The van der Waals surface area contributed by atoms with E-state index in [9.17, 15) is 28.2 Å². The van der Waals surface area contributed by atoms with Gasteiger partial charge in [-0.05, 0) is 24.1 Å². The van der Waals surface area contributed by atoms with Gasteiger partial charge in [0, 0.05) is 39.9 Å². The minimum Gasteiger partial charge on any atom is -0.506 e. The van der Waals surface area contributed by atoms with Crippen molar-refractivity contribution in [2.75, 3.05) is 5.75 Å². The second kappa shape index (κ2) is 5.42. The molecule has 2 aliphatic carbocycles. The number of hydrogen-bond acceptors (Lipinski definition) is 8. The summed E-state index contributed by atoms with van der Waals surface area (Å²) in [5.41, 5.74) is 0.749. The normalized spacial score (nSPS) is 22.9. The molecular formula is C22H15NO7S. The molecule has 156 valence electrons. The summed E-state index contributed by atoms with van der Waals surface area (Å²) in [5.74, 6) is -1.75. The van der Waals surface area contributed by atoms with Gasteiger partial charge in [0.2, 0.25) is 5.78 Å². The summed E-state index contributed by atoms with van der Waals surface area (Å²) in [4.78, 5) is 29.1. The Bertz CT molecular complexity index is 1540. The predicted octanol–water partition coefficient (Wildman–Crippen LogP) is 3.16. The average Bonchev–Trinajstić information content (AvgIpc) is 3.19. The molecule has 1 unspecified atom stereocenters. The zero-order chi connectivity index (χ0) is 21.9. The Kier molecular flexibility index (Phi) is 3.20. The Labute approximate surface area is 175 Å². The van der Waals surface area contributed by atoms with Gasteiger partial charge in [-0.25, -0.2) is 8.42 Å². The molecule has 1 atom stereocenters. The largest absolute Gasteiger partial charge is 0.506 e. The molecule has 1 aliphatic heterocycles. The van der Waals surface area contributed by atoms with Gasteiger partial charge in [0.25, 0.3) is 0 Å². The van der Waals surface area contributed by atoms with Gasteiger partial charge >= 0.3 is 0 Å². The quantitative estimate of drug-likeness (QED) is 0.516. The number of phenolic OH excluding ortho intramolecular Hbond substituents is 2. The number of hydrogen-bond donors (Lipinski definition) is 2. The third-order valence-corrected chi connectivity index (χ3v) is 8.28. The van der Waals surface area contributed by atoms with Crippen LogP contribution < -0.4 is 0 Å². The number of fused-ring (bicyclic) bond motifs is 4. The summed E-state index contributed by atoms with van der Waals surface area (Å²) in [6, 6.07) is 2.98. The number of sulfone groups is 1. The highest BCUT2D eigenvalue weighted by atomic mass is 32.2. The number of Topliss-reactive ketones (excluding diaryl/α,β-unsaturated/α-hetero) is 1. The number of nitrogens with zero attached hydrogens (tertiary/aromatic N) is 1. The van der Waals surface area contributed by atoms with E-state index in [1.807, 2.05) is 6.92 Å². The molecule has 0 amide bonds. The van der Waals surface area contributed by atoms with Crippen molar-refractivity contribution in [3.05, 3.63) is 46.4 Å². The van der Waals surface area contributed by atoms with E-state index in [0.29, 0.717) is 23.1 Å². The Morgan fingerprint density at radius 2 is 1.84 bits per heavy atom. The fourth-order valence-electron chi connectivity index (χ4n) is 5.12. The van der Waals surface area contributed by atoms with Gasteiger partial charge in [-0.2, -0.15) is 0 Å². The molecule has 8 nitrogen and oxygen atoms in total. The van der Waals surface area contributed by atoms with Gasteiger partial charge in [-0.3, -0.25) is 14.6 Å². The number of aromatic hydroxyl groups is 2. The standard InChI is InChI=1S/C22H15NO7S/c1-22-3-2-14(24)12-8-30-20(15(12)22)18(26)11-6-9-10(7-13(11)22)19(27)21-16(17(9)25)23-4-5-31(21,28)29/h4,6-8,25,27H,2-3,5H2,1H3. The summed E-state index contributed by atoms with van der Waals surface area (Å²) in [6.07, 6.45) is 3.15. The maximum absolute atomic E-state index is 13.2. The molecule has 31 heavy (non-hydrogen) atoms. The number of rotatable bonds is 0. The summed E-state index contributed by atoms with van der Waals surface area (Å²) >= 11 is 0. The Hall–Kier alpha value is -3.46. The van der Waals surface area contributed by atoms with Gasteiger partial charge < -0.3 is 14.6 Å². The first-order valence-electron chi connectivity index (χ1n) is 9.66. The number of aliphatic imine (C=N–C) groups is 1. The number of benzene rings is 2. The SMILES string of the molecule is CC12CCC(=O)c3coc(c31)C(=O)c1cc3c(O)c4c(c(O)c3cc12)S(=O)(=O)CC=N4. The van der Waals surface area contributed by atoms with Crippen LogP contribution in [-0.4, -0.2) is 42.2 Å². The van der Waals surface area contributed by atoms with E-state index in [1.165, 1.54) is 12.3 Å². The Morgan fingerprint density at radius 3 is 2.61 bits per heavy atom. The molecule has 0 bridgehead atoms. The number of furan rings is 1. The molecule has 3 aliphatic rings. The fraction of sp³-hybridized carbons (Fsp3) is 0.227. The van der Waals surface area contributed by atoms with Gasteiger partial charge in [0.15, 0.2) is 27.1 Å². The van der Waals surface area contributed by atoms with Crippen molar-refractivity contribution in [1.82, 2.24) is 0 Å². The summed E-state index contributed by atoms with van der Waals surface area (Å²) in [7, 11) is -3.88. The molecule has 1 aromatic heterocycles. The van der Waals surface area contributed by atoms with Crippen LogP contribution >= 0.6 is 0 Å². The van der Waals surface area contributed by atoms with Gasteiger partial charge in [0.05, 0.1) is 11.3 Å². The van der Waals surface area contributed by atoms with Crippen LogP contribution in [0.15, 0.2) is 32.7 Å². The first-order valence-corrected chi connectivity index (χ1v) is 11.3. The van der Waals surface area contributed by atoms with Crippen LogP contribution in [0.3, 0.4) is 0 Å². The highest BCUT2D eigenvalue weighted by molar-refractivity contribution is 7.92. The van der Waals surface area contributed by atoms with Gasteiger partial charge in [-0.1, -0.05) is 6.92 Å². The average molecular weight is 437 g/mol. The van der Waals surface area contributed by atoms with Crippen molar-refractivity contribution >= 4 is 44.1 Å². The molecular weight excluding hydrogens is 422 g/mol. The first kappa shape index (κ1) is 18.3. The lowest BCUT2D eigenvalue weighted by atomic mass is 9.62. The minimum absolute atomic E-state index is 0.0969. The van der Waals surface area contributed by atoms with Crippen molar-refractivity contribution in [3.8, 4) is 11.5 Å². The lowest BCUT2D eigenvalue weighted by Crippen LogP contribution is -2.37. The predicted molar refractivity (Wildman–Crippen MR) is 110 cm³/mol. The van der Waals surface area contributed by atoms with Crippen LogP contribution in [-0.2, 0) is 15.3 Å². The van der Waals surface area contributed by atoms with Crippen LogP contribution in [0.1, 0.15) is 57.4 Å². The molecule has 3 aromatic rings. The minimum atomic E-state index is -3.88. The second-order valence-electron chi connectivity index (χ2n) is 8.35. The van der Waals surface area contributed by atoms with Crippen LogP contribution in [0.4, 0.5) is 5.69 Å². The third-order valence-electron chi connectivity index (χ3n) is 6.69. The zero-order valence-electron chi connectivity index (χ0n) is 16.2. The molecule has 0 spiro atoms. The maximum atomic E-state index is 13.2. The van der Waals surface area contributed by atoms with Gasteiger partial charge in [-0.15, -0.1) is 0 Å². The van der Waals surface area contributed by atoms with E-state index < -0.39 is 37.4 Å². The maximum Gasteiger partial charge on any atom is 0.228 e. The van der Waals surface area contributed by atoms with E-state index in [0.717, 1.165) is 6.21 Å². The highest BCUT2D eigenvalue weighted by Gasteiger charge is 2.48. The lowest BCUT2D eigenvalue weighted by Gasteiger charge is -2.38. The molecule has 6 rings (SSSR count). The summed E-state index contributed by atoms with van der Waals surface area (Å²) in [5, 5.41) is 21.9. The van der Waals surface area contributed by atoms with E-state index in [1.54, 1.807) is 6.07 Å². The van der Waals surface area contributed by atoms with Crippen LogP contribution in [0.25, 0.3) is 10.8 Å². The first-order chi connectivity index (χ1) is 14.6. The molecule has 2 N–H and O–H groups in total. The molecule has 0 saturated heterocycles. The van der Waals surface area contributed by atoms with E-state index in [4.69, 9.17) is 4.42 Å². The molecule has 9 heteroatoms. The van der Waals surface area contributed by atoms with Crippen LogP contribution in [0.5, 0.6) is 11.5 Å². The number of ketones is 2. The molecule has 0 fully saturated rings. The number of carbonyl (C=O) groups is 2. The van der Waals surface area contributed by atoms with Crippen molar-refractivity contribution in [3.63, 3.8) is 0 Å². The van der Waals surface area contributed by atoms with E-state index in [2.05, 4.69) is 4.99 Å². The lowest BCUT2D eigenvalue weighted by molar-refractivity contribution is 0.0958. The second-order valence-corrected chi connectivity index (χ2v) is 10.3. The number of carbonyl (C=O) groups excluding carboxylic acids is 2. The van der Waals surface area contributed by atoms with Gasteiger partial charge in [0.1, 0.15) is 22.6 Å². The topological polar surface area (TPSA) is 134 Å². The zero-order valence-corrected chi connectivity index (χ0v) is 17.0. The van der Waals surface area contributed by atoms with Crippen LogP contribution in [0.2, 0.25) is 0 Å². The van der Waals surface area contributed by atoms with Crippen molar-refractivity contribution in [2.45, 2.75) is 30.1 Å². The van der Waals surface area contributed by atoms with Crippen LogP contribution in [0, 0.1) is 0 Å². The van der Waals surface area contributed by atoms with E-state index >= 15 is 0 Å².